The van der Waals surface area contributed by atoms with Gasteiger partial charge in [0, 0.05) is 0 Å². The molecule has 4 rings (SSSR count). The number of hydrogen-bond acceptors (Lipinski definition) is 6. The minimum atomic E-state index is -0.743. The van der Waals surface area contributed by atoms with Crippen molar-refractivity contribution in [3.8, 4) is 5.75 Å². The first-order valence-corrected chi connectivity index (χ1v) is 9.33. The highest BCUT2D eigenvalue weighted by atomic mass is 32.1. The van der Waals surface area contributed by atoms with E-state index in [4.69, 9.17) is 9.15 Å². The van der Waals surface area contributed by atoms with Crippen molar-refractivity contribution in [3.05, 3.63) is 53.0 Å². The largest absolute Gasteiger partial charge is 0.494 e. The third-order valence-corrected chi connectivity index (χ3v) is 5.12. The van der Waals surface area contributed by atoms with E-state index in [2.05, 4.69) is 10.3 Å². The van der Waals surface area contributed by atoms with Gasteiger partial charge in [-0.25, -0.2) is 9.78 Å². The monoisotopic (exact) mass is 383 g/mol. The quantitative estimate of drug-likeness (QED) is 0.566. The Balaban J connectivity index is 1.60. The van der Waals surface area contributed by atoms with Gasteiger partial charge < -0.3 is 14.5 Å². The normalized spacial score (nSPS) is 12.4. The Hall–Kier alpha value is -3.13. The second kappa shape index (κ2) is 6.88. The maximum atomic E-state index is 12.7. The molecule has 1 atom stereocenters. The summed E-state index contributed by atoms with van der Waals surface area (Å²) in [7, 11) is 0. The molecule has 0 aliphatic heterocycles. The average molecular weight is 383 g/mol. The summed E-state index contributed by atoms with van der Waals surface area (Å²) >= 11 is 1.35. The van der Waals surface area contributed by atoms with Crippen molar-refractivity contribution in [2.24, 2.45) is 0 Å². The lowest BCUT2D eigenvalue weighted by atomic mass is 10.2. The van der Waals surface area contributed by atoms with E-state index in [9.17, 15) is 9.59 Å². The summed E-state index contributed by atoms with van der Waals surface area (Å²) in [5.74, 6) is -0.145. The zero-order valence-corrected chi connectivity index (χ0v) is 15.6. The molecule has 0 spiro atoms. The van der Waals surface area contributed by atoms with Gasteiger partial charge in [0.15, 0.2) is 10.7 Å². The Bertz CT molecular complexity index is 1190. The van der Waals surface area contributed by atoms with Crippen LogP contribution in [0.3, 0.4) is 0 Å². The number of nitrogens with one attached hydrogen (secondary N) is 1. The number of amides is 1. The maximum Gasteiger partial charge on any atom is 0.420 e. The molecule has 0 radical (unpaired) electrons. The van der Waals surface area contributed by atoms with Crippen LogP contribution in [0.4, 0.5) is 5.13 Å². The molecule has 1 N–H and O–H groups in total. The summed E-state index contributed by atoms with van der Waals surface area (Å²) in [4.78, 5) is 29.3. The molecule has 0 saturated carbocycles. The van der Waals surface area contributed by atoms with E-state index >= 15 is 0 Å². The Morgan fingerprint density at radius 3 is 2.96 bits per heavy atom. The summed E-state index contributed by atoms with van der Waals surface area (Å²) in [5.41, 5.74) is 1.80. The standard InChI is InChI=1S/C19H17N3O4S/c1-3-25-12-8-9-13-16(10-12)27-18(20-13)21-17(23)11(2)22-14-6-4-5-7-15(14)26-19(22)24/h4-11H,3H2,1-2H3,(H,20,21,23). The smallest absolute Gasteiger partial charge is 0.420 e. The minimum absolute atomic E-state index is 0.340. The minimum Gasteiger partial charge on any atom is -0.494 e. The van der Waals surface area contributed by atoms with Crippen LogP contribution >= 0.6 is 11.3 Å². The van der Waals surface area contributed by atoms with Crippen molar-refractivity contribution in [1.82, 2.24) is 9.55 Å². The van der Waals surface area contributed by atoms with Gasteiger partial charge in [-0.1, -0.05) is 23.5 Å². The Morgan fingerprint density at radius 1 is 1.33 bits per heavy atom. The van der Waals surface area contributed by atoms with Gasteiger partial charge in [0.2, 0.25) is 5.91 Å². The Kier molecular flexibility index (Phi) is 4.41. The Morgan fingerprint density at radius 2 is 2.15 bits per heavy atom. The predicted molar refractivity (Wildman–Crippen MR) is 105 cm³/mol. The van der Waals surface area contributed by atoms with Gasteiger partial charge in [0.05, 0.1) is 22.3 Å². The molecule has 27 heavy (non-hydrogen) atoms. The third-order valence-electron chi connectivity index (χ3n) is 4.19. The van der Waals surface area contributed by atoms with Crippen LogP contribution in [0.5, 0.6) is 5.75 Å². The van der Waals surface area contributed by atoms with Gasteiger partial charge in [-0.3, -0.25) is 9.36 Å². The van der Waals surface area contributed by atoms with E-state index in [1.807, 2.05) is 25.1 Å². The molecule has 1 amide bonds. The molecule has 7 nitrogen and oxygen atoms in total. The number of para-hydroxylation sites is 2. The predicted octanol–water partition coefficient (Wildman–Crippen LogP) is 3.80. The van der Waals surface area contributed by atoms with Gasteiger partial charge in [-0.2, -0.15) is 0 Å². The highest BCUT2D eigenvalue weighted by molar-refractivity contribution is 7.22. The van der Waals surface area contributed by atoms with Crippen LogP contribution in [0.2, 0.25) is 0 Å². The fraction of sp³-hybridized carbons (Fsp3) is 0.211. The van der Waals surface area contributed by atoms with Crippen molar-refractivity contribution < 1.29 is 13.9 Å². The van der Waals surface area contributed by atoms with Crippen LogP contribution in [0, 0.1) is 0 Å². The molecule has 0 saturated heterocycles. The number of hydrogen-bond donors (Lipinski definition) is 1. The third kappa shape index (κ3) is 3.19. The fourth-order valence-corrected chi connectivity index (χ4v) is 3.79. The number of thiazole rings is 1. The molecule has 0 aliphatic carbocycles. The van der Waals surface area contributed by atoms with E-state index in [0.29, 0.717) is 22.8 Å². The van der Waals surface area contributed by atoms with Crippen molar-refractivity contribution in [3.63, 3.8) is 0 Å². The van der Waals surface area contributed by atoms with E-state index in [1.165, 1.54) is 15.9 Å². The highest BCUT2D eigenvalue weighted by Crippen LogP contribution is 2.30. The van der Waals surface area contributed by atoms with E-state index in [0.717, 1.165) is 16.0 Å². The average Bonchev–Trinajstić information content (AvgIpc) is 3.20. The number of oxazole rings is 1. The molecule has 138 valence electrons. The van der Waals surface area contributed by atoms with Crippen molar-refractivity contribution in [2.75, 3.05) is 11.9 Å². The summed E-state index contributed by atoms with van der Waals surface area (Å²) in [6.45, 7) is 4.16. The first-order valence-electron chi connectivity index (χ1n) is 8.51. The number of ether oxygens (including phenoxy) is 1. The topological polar surface area (TPSA) is 86.4 Å². The van der Waals surface area contributed by atoms with Crippen LogP contribution in [0.15, 0.2) is 51.7 Å². The number of aromatic nitrogens is 2. The molecule has 2 aromatic carbocycles. The number of anilines is 1. The lowest BCUT2D eigenvalue weighted by molar-refractivity contribution is -0.118. The van der Waals surface area contributed by atoms with Crippen molar-refractivity contribution in [2.45, 2.75) is 19.9 Å². The van der Waals surface area contributed by atoms with Crippen LogP contribution in [-0.2, 0) is 4.79 Å². The molecule has 0 fully saturated rings. The van der Waals surface area contributed by atoms with Crippen LogP contribution in [-0.4, -0.2) is 22.1 Å². The highest BCUT2D eigenvalue weighted by Gasteiger charge is 2.22. The number of fused-ring (bicyclic) bond motifs is 2. The lowest BCUT2D eigenvalue weighted by Crippen LogP contribution is -2.29. The van der Waals surface area contributed by atoms with Crippen LogP contribution < -0.4 is 15.8 Å². The lowest BCUT2D eigenvalue weighted by Gasteiger charge is -2.11. The summed E-state index contributed by atoms with van der Waals surface area (Å²) < 4.78 is 12.9. The molecule has 2 heterocycles. The first-order chi connectivity index (χ1) is 13.1. The number of carbonyl (C=O) groups excluding carboxylic acids is 1. The molecule has 2 aromatic heterocycles. The number of carbonyl (C=O) groups is 1. The molecule has 0 aliphatic rings. The number of nitrogens with zero attached hydrogens (tertiary/aromatic N) is 2. The van der Waals surface area contributed by atoms with Gasteiger partial charge in [0.1, 0.15) is 11.8 Å². The molecule has 1 unspecified atom stereocenters. The van der Waals surface area contributed by atoms with Gasteiger partial charge in [0.25, 0.3) is 0 Å². The molecule has 8 heteroatoms. The zero-order chi connectivity index (χ0) is 19.0. The number of benzene rings is 2. The molecule has 0 bridgehead atoms. The summed E-state index contributed by atoms with van der Waals surface area (Å²) in [6, 6.07) is 11.9. The Labute approximate surface area is 158 Å². The molecule has 4 aromatic rings. The molecular weight excluding hydrogens is 366 g/mol. The van der Waals surface area contributed by atoms with Crippen molar-refractivity contribution in [1.29, 1.82) is 0 Å². The zero-order valence-electron chi connectivity index (χ0n) is 14.8. The van der Waals surface area contributed by atoms with E-state index in [1.54, 1.807) is 31.2 Å². The second-order valence-corrected chi connectivity index (χ2v) is 6.98. The second-order valence-electron chi connectivity index (χ2n) is 5.95. The number of rotatable bonds is 5. The maximum absolute atomic E-state index is 12.7. The SMILES string of the molecule is CCOc1ccc2nc(NC(=O)C(C)n3c(=O)oc4ccccc43)sc2c1. The van der Waals surface area contributed by atoms with Gasteiger partial charge in [-0.05, 0) is 44.2 Å². The first kappa shape index (κ1) is 17.3. The summed E-state index contributed by atoms with van der Waals surface area (Å²) in [5, 5.41) is 3.26. The molecular formula is C19H17N3O4S. The van der Waals surface area contributed by atoms with Crippen molar-refractivity contribution >= 4 is 43.7 Å². The fourth-order valence-electron chi connectivity index (χ4n) is 2.89. The van der Waals surface area contributed by atoms with Crippen LogP contribution in [0.1, 0.15) is 19.9 Å². The van der Waals surface area contributed by atoms with E-state index in [-0.39, 0.29) is 5.91 Å². The van der Waals surface area contributed by atoms with Crippen LogP contribution in [0.25, 0.3) is 21.3 Å². The summed E-state index contributed by atoms with van der Waals surface area (Å²) in [6.07, 6.45) is 0. The van der Waals surface area contributed by atoms with Gasteiger partial charge in [-0.15, -0.1) is 0 Å². The van der Waals surface area contributed by atoms with E-state index < -0.39 is 11.8 Å². The van der Waals surface area contributed by atoms with Gasteiger partial charge >= 0.3 is 5.76 Å².